The molecule has 0 amide bonds. The van der Waals surface area contributed by atoms with Crippen LogP contribution in [-0.2, 0) is 0 Å². The topological polar surface area (TPSA) is 50.9 Å². The molecule has 0 fully saturated rings. The molecule has 2 aromatic carbocycles. The number of phenolic OH excluding ortho intramolecular Hbond substituents is 1. The smallest absolute Gasteiger partial charge is 0.143 e. The van der Waals surface area contributed by atoms with Crippen molar-refractivity contribution in [3.05, 3.63) is 47.5 Å². The van der Waals surface area contributed by atoms with Gasteiger partial charge in [0.1, 0.15) is 22.5 Å². The molecule has 4 nitrogen and oxygen atoms in total. The normalized spacial score (nSPS) is 11.0. The van der Waals surface area contributed by atoms with Crippen LogP contribution in [0.4, 0.5) is 0 Å². The van der Waals surface area contributed by atoms with Gasteiger partial charge in [-0.15, -0.1) is 15.0 Å². The van der Waals surface area contributed by atoms with Crippen molar-refractivity contribution in [3.8, 4) is 11.4 Å². The van der Waals surface area contributed by atoms with Gasteiger partial charge in [-0.3, -0.25) is 0 Å². The van der Waals surface area contributed by atoms with Gasteiger partial charge < -0.3 is 5.11 Å². The third-order valence-corrected chi connectivity index (χ3v) is 3.09. The second-order valence-corrected chi connectivity index (χ2v) is 4.40. The molecular weight excluding hydrogens is 226 g/mol. The van der Waals surface area contributed by atoms with Crippen LogP contribution in [0.1, 0.15) is 11.1 Å². The van der Waals surface area contributed by atoms with Crippen molar-refractivity contribution in [1.29, 1.82) is 0 Å². The molecule has 3 rings (SSSR count). The summed E-state index contributed by atoms with van der Waals surface area (Å²) in [7, 11) is 0. The lowest BCUT2D eigenvalue weighted by Crippen LogP contribution is -2.00. The molecule has 90 valence electrons. The number of aromatic hydroxyl groups is 1. The maximum Gasteiger partial charge on any atom is 0.143 e. The molecule has 0 aliphatic heterocycles. The minimum Gasteiger partial charge on any atom is -0.506 e. The molecular formula is C14H13N3O. The Hall–Kier alpha value is -2.36. The van der Waals surface area contributed by atoms with Crippen LogP contribution in [0.25, 0.3) is 16.7 Å². The predicted octanol–water partition coefficient (Wildman–Crippen LogP) is 2.74. The zero-order chi connectivity index (χ0) is 12.7. The highest BCUT2D eigenvalue weighted by Crippen LogP contribution is 2.25. The number of nitrogens with zero attached hydrogens (tertiary/aromatic N) is 3. The summed E-state index contributed by atoms with van der Waals surface area (Å²) in [5.41, 5.74) is 4.39. The molecule has 0 spiro atoms. The van der Waals surface area contributed by atoms with Gasteiger partial charge >= 0.3 is 0 Å². The molecule has 1 N–H and O–H groups in total. The largest absolute Gasteiger partial charge is 0.506 e. The van der Waals surface area contributed by atoms with Gasteiger partial charge in [0.05, 0.1) is 0 Å². The Bertz CT molecular complexity index is 698. The first-order valence-electron chi connectivity index (χ1n) is 5.78. The van der Waals surface area contributed by atoms with E-state index in [1.807, 2.05) is 44.2 Å². The first-order valence-corrected chi connectivity index (χ1v) is 5.78. The van der Waals surface area contributed by atoms with E-state index in [1.165, 1.54) is 4.80 Å². The average Bonchev–Trinajstić information content (AvgIpc) is 2.77. The lowest BCUT2D eigenvalue weighted by molar-refractivity contribution is 0.467. The summed E-state index contributed by atoms with van der Waals surface area (Å²) in [6.07, 6.45) is 0. The van der Waals surface area contributed by atoms with E-state index in [-0.39, 0.29) is 5.75 Å². The molecule has 0 aliphatic rings. The number of benzene rings is 2. The van der Waals surface area contributed by atoms with E-state index in [4.69, 9.17) is 0 Å². The molecule has 0 saturated heterocycles. The van der Waals surface area contributed by atoms with Crippen LogP contribution >= 0.6 is 0 Å². The molecule has 0 saturated carbocycles. The minimum atomic E-state index is 0.193. The van der Waals surface area contributed by atoms with Crippen molar-refractivity contribution in [3.63, 3.8) is 0 Å². The lowest BCUT2D eigenvalue weighted by Gasteiger charge is -2.06. The SMILES string of the molecule is Cc1cc(O)c(-n2nc3ccccc3n2)cc1C. The van der Waals surface area contributed by atoms with Crippen molar-refractivity contribution < 1.29 is 5.11 Å². The fourth-order valence-corrected chi connectivity index (χ4v) is 1.91. The fraction of sp³-hybridized carbons (Fsp3) is 0.143. The van der Waals surface area contributed by atoms with Crippen molar-refractivity contribution in [1.82, 2.24) is 15.0 Å². The molecule has 1 heterocycles. The number of phenols is 1. The maximum absolute atomic E-state index is 9.99. The number of aryl methyl sites for hydroxylation is 2. The Balaban J connectivity index is 2.22. The molecule has 1 aromatic heterocycles. The highest BCUT2D eigenvalue weighted by molar-refractivity contribution is 5.73. The minimum absolute atomic E-state index is 0.193. The molecule has 4 heteroatoms. The zero-order valence-electron chi connectivity index (χ0n) is 10.3. The van der Waals surface area contributed by atoms with Crippen molar-refractivity contribution >= 4 is 11.0 Å². The summed E-state index contributed by atoms with van der Waals surface area (Å²) in [6, 6.07) is 11.3. The summed E-state index contributed by atoms with van der Waals surface area (Å²) < 4.78 is 0. The van der Waals surface area contributed by atoms with Gasteiger partial charge in [0.25, 0.3) is 0 Å². The van der Waals surface area contributed by atoms with Crippen LogP contribution in [0.3, 0.4) is 0 Å². The van der Waals surface area contributed by atoms with Crippen LogP contribution in [0.15, 0.2) is 36.4 Å². The van der Waals surface area contributed by atoms with Crippen LogP contribution in [0.2, 0.25) is 0 Å². The van der Waals surface area contributed by atoms with E-state index in [0.717, 1.165) is 22.2 Å². The molecule has 0 atom stereocenters. The number of hydrogen-bond acceptors (Lipinski definition) is 3. The van der Waals surface area contributed by atoms with E-state index in [2.05, 4.69) is 10.2 Å². The molecule has 0 bridgehead atoms. The van der Waals surface area contributed by atoms with Crippen molar-refractivity contribution in [2.45, 2.75) is 13.8 Å². The van der Waals surface area contributed by atoms with Crippen LogP contribution in [-0.4, -0.2) is 20.1 Å². The van der Waals surface area contributed by atoms with E-state index < -0.39 is 0 Å². The van der Waals surface area contributed by atoms with Gasteiger partial charge in [0.15, 0.2) is 0 Å². The second kappa shape index (κ2) is 3.84. The third kappa shape index (κ3) is 1.62. The predicted molar refractivity (Wildman–Crippen MR) is 70.0 cm³/mol. The number of rotatable bonds is 1. The second-order valence-electron chi connectivity index (χ2n) is 4.40. The number of fused-ring (bicyclic) bond motifs is 1. The van der Waals surface area contributed by atoms with Gasteiger partial charge in [-0.1, -0.05) is 12.1 Å². The summed E-state index contributed by atoms with van der Waals surface area (Å²) in [5.74, 6) is 0.193. The number of hydrogen-bond donors (Lipinski definition) is 1. The number of aromatic nitrogens is 3. The maximum atomic E-state index is 9.99. The Morgan fingerprint density at radius 1 is 0.944 bits per heavy atom. The van der Waals surface area contributed by atoms with Crippen LogP contribution in [0.5, 0.6) is 5.75 Å². The Labute approximate surface area is 104 Å². The Morgan fingerprint density at radius 3 is 2.11 bits per heavy atom. The van der Waals surface area contributed by atoms with E-state index in [1.54, 1.807) is 6.07 Å². The molecule has 18 heavy (non-hydrogen) atoms. The quantitative estimate of drug-likeness (QED) is 0.710. The first kappa shape index (κ1) is 10.8. The monoisotopic (exact) mass is 239 g/mol. The van der Waals surface area contributed by atoms with Gasteiger partial charge in [-0.2, -0.15) is 0 Å². The summed E-state index contributed by atoms with van der Waals surface area (Å²) in [4.78, 5) is 1.48. The molecule has 0 unspecified atom stereocenters. The van der Waals surface area contributed by atoms with Gasteiger partial charge in [-0.25, -0.2) is 0 Å². The summed E-state index contributed by atoms with van der Waals surface area (Å²) in [5, 5.41) is 18.7. The molecule has 0 aliphatic carbocycles. The van der Waals surface area contributed by atoms with Crippen molar-refractivity contribution in [2.75, 3.05) is 0 Å². The van der Waals surface area contributed by atoms with E-state index in [9.17, 15) is 5.11 Å². The van der Waals surface area contributed by atoms with Crippen LogP contribution in [0, 0.1) is 13.8 Å². The molecule has 3 aromatic rings. The zero-order valence-corrected chi connectivity index (χ0v) is 10.3. The average molecular weight is 239 g/mol. The summed E-state index contributed by atoms with van der Waals surface area (Å²) >= 11 is 0. The highest BCUT2D eigenvalue weighted by Gasteiger charge is 2.09. The standard InChI is InChI=1S/C14H13N3O/c1-9-7-13(14(18)8-10(9)2)17-15-11-5-3-4-6-12(11)16-17/h3-8,18H,1-2H3. The van der Waals surface area contributed by atoms with Gasteiger partial charge in [0.2, 0.25) is 0 Å². The molecule has 0 radical (unpaired) electrons. The van der Waals surface area contributed by atoms with Gasteiger partial charge in [-0.05, 0) is 49.2 Å². The van der Waals surface area contributed by atoms with E-state index in [0.29, 0.717) is 5.69 Å². The Kier molecular flexibility index (Phi) is 2.30. The van der Waals surface area contributed by atoms with E-state index >= 15 is 0 Å². The third-order valence-electron chi connectivity index (χ3n) is 3.09. The highest BCUT2D eigenvalue weighted by atomic mass is 16.3. The first-order chi connectivity index (χ1) is 8.65. The lowest BCUT2D eigenvalue weighted by atomic mass is 10.1. The Morgan fingerprint density at radius 2 is 1.50 bits per heavy atom. The van der Waals surface area contributed by atoms with Crippen molar-refractivity contribution in [2.24, 2.45) is 0 Å². The van der Waals surface area contributed by atoms with Gasteiger partial charge in [0, 0.05) is 0 Å². The fourth-order valence-electron chi connectivity index (χ4n) is 1.91. The van der Waals surface area contributed by atoms with Crippen LogP contribution < -0.4 is 0 Å². The summed E-state index contributed by atoms with van der Waals surface area (Å²) in [6.45, 7) is 3.97.